The number of likely N-dealkylation sites (N-methyl/N-ethyl adjacent to an activating group) is 1. The summed E-state index contributed by atoms with van der Waals surface area (Å²) in [7, 11) is 1.58. The maximum atomic E-state index is 13.8. The highest BCUT2D eigenvalue weighted by molar-refractivity contribution is 5.96. The number of nitrogens with zero attached hydrogens (tertiary/aromatic N) is 2. The van der Waals surface area contributed by atoms with Crippen molar-refractivity contribution in [3.63, 3.8) is 0 Å². The van der Waals surface area contributed by atoms with Gasteiger partial charge in [-0.25, -0.2) is 4.39 Å². The molecule has 6 heteroatoms. The fourth-order valence-corrected chi connectivity index (χ4v) is 2.37. The van der Waals surface area contributed by atoms with Crippen LogP contribution in [0.1, 0.15) is 30.1 Å². The van der Waals surface area contributed by atoms with Gasteiger partial charge in [0.1, 0.15) is 5.82 Å². The van der Waals surface area contributed by atoms with Crippen LogP contribution < -0.4 is 5.32 Å². The molecule has 0 fully saturated rings. The van der Waals surface area contributed by atoms with Gasteiger partial charge in [-0.1, -0.05) is 25.5 Å². The van der Waals surface area contributed by atoms with Gasteiger partial charge in [0.15, 0.2) is 0 Å². The Labute approximate surface area is 146 Å². The summed E-state index contributed by atoms with van der Waals surface area (Å²) in [6.07, 6.45) is 4.58. The molecule has 0 atom stereocenters. The minimum Gasteiger partial charge on any atom is -0.355 e. The van der Waals surface area contributed by atoms with Gasteiger partial charge in [-0.05, 0) is 30.2 Å². The number of amides is 2. The Kier molecular flexibility index (Phi) is 6.62. The second kappa shape index (κ2) is 8.92. The molecule has 132 valence electrons. The van der Waals surface area contributed by atoms with Crippen molar-refractivity contribution in [2.45, 2.75) is 19.8 Å². The predicted molar refractivity (Wildman–Crippen MR) is 94.5 cm³/mol. The minimum absolute atomic E-state index is 0.00326. The number of hydrogen-bond acceptors (Lipinski definition) is 3. The van der Waals surface area contributed by atoms with Crippen molar-refractivity contribution in [2.24, 2.45) is 0 Å². The standard InChI is InChI=1S/C19H22FN3O2/c1-3-4-10-22-18(24)13-23(2)19(25)15-7-5-14(6-8-15)16-9-11-21-12-17(16)20/h5-9,11-12H,3-4,10,13H2,1-2H3,(H,22,24). The average molecular weight is 343 g/mol. The van der Waals surface area contributed by atoms with Crippen molar-refractivity contribution < 1.29 is 14.0 Å². The van der Waals surface area contributed by atoms with Gasteiger partial charge < -0.3 is 10.2 Å². The molecular weight excluding hydrogens is 321 g/mol. The Balaban J connectivity index is 2.00. The van der Waals surface area contributed by atoms with Gasteiger partial charge in [-0.2, -0.15) is 0 Å². The number of halogens is 1. The van der Waals surface area contributed by atoms with Gasteiger partial charge in [-0.3, -0.25) is 14.6 Å². The van der Waals surface area contributed by atoms with Gasteiger partial charge in [0.25, 0.3) is 5.91 Å². The van der Waals surface area contributed by atoms with E-state index < -0.39 is 5.82 Å². The topological polar surface area (TPSA) is 62.3 Å². The normalized spacial score (nSPS) is 10.4. The molecule has 1 aromatic heterocycles. The highest BCUT2D eigenvalue weighted by Gasteiger charge is 2.15. The Morgan fingerprint density at radius 2 is 1.92 bits per heavy atom. The summed E-state index contributed by atoms with van der Waals surface area (Å²) in [4.78, 5) is 29.3. The summed E-state index contributed by atoms with van der Waals surface area (Å²) in [5, 5.41) is 2.78. The van der Waals surface area contributed by atoms with Crippen LogP contribution in [0.15, 0.2) is 42.7 Å². The van der Waals surface area contributed by atoms with Crippen molar-refractivity contribution in [1.29, 1.82) is 0 Å². The molecule has 1 N–H and O–H groups in total. The number of carbonyl (C=O) groups is 2. The SMILES string of the molecule is CCCCNC(=O)CN(C)C(=O)c1ccc(-c2ccncc2F)cc1. The van der Waals surface area contributed by atoms with E-state index in [0.717, 1.165) is 19.0 Å². The van der Waals surface area contributed by atoms with E-state index in [1.807, 2.05) is 6.92 Å². The molecule has 5 nitrogen and oxygen atoms in total. The number of pyridine rings is 1. The van der Waals surface area contributed by atoms with Crippen LogP contribution >= 0.6 is 0 Å². The average Bonchev–Trinajstić information content (AvgIpc) is 2.62. The van der Waals surface area contributed by atoms with E-state index in [1.165, 1.54) is 11.1 Å². The molecule has 0 saturated heterocycles. The predicted octanol–water partition coefficient (Wildman–Crippen LogP) is 2.88. The number of carbonyl (C=O) groups excluding carboxylic acids is 2. The van der Waals surface area contributed by atoms with Gasteiger partial charge in [0.05, 0.1) is 12.7 Å². The van der Waals surface area contributed by atoms with E-state index in [-0.39, 0.29) is 18.4 Å². The summed E-state index contributed by atoms with van der Waals surface area (Å²) < 4.78 is 13.8. The number of hydrogen-bond donors (Lipinski definition) is 1. The zero-order valence-electron chi connectivity index (χ0n) is 14.5. The fraction of sp³-hybridized carbons (Fsp3) is 0.316. The Bertz CT molecular complexity index is 732. The third-order valence-electron chi connectivity index (χ3n) is 3.80. The lowest BCUT2D eigenvalue weighted by Crippen LogP contribution is -2.38. The molecule has 0 unspecified atom stereocenters. The minimum atomic E-state index is -0.414. The van der Waals surface area contributed by atoms with Crippen LogP contribution in [0.25, 0.3) is 11.1 Å². The first-order valence-corrected chi connectivity index (χ1v) is 8.25. The van der Waals surface area contributed by atoms with Crippen LogP contribution in [0, 0.1) is 5.82 Å². The molecule has 2 amide bonds. The largest absolute Gasteiger partial charge is 0.355 e. The first-order chi connectivity index (χ1) is 12.0. The number of unbranched alkanes of at least 4 members (excludes halogenated alkanes) is 1. The highest BCUT2D eigenvalue weighted by atomic mass is 19.1. The lowest BCUT2D eigenvalue weighted by Gasteiger charge is -2.17. The van der Waals surface area contributed by atoms with Crippen molar-refractivity contribution in [2.75, 3.05) is 20.1 Å². The second-order valence-corrected chi connectivity index (χ2v) is 5.80. The molecular formula is C19H22FN3O2. The quantitative estimate of drug-likeness (QED) is 0.786. The van der Waals surface area contributed by atoms with E-state index in [9.17, 15) is 14.0 Å². The van der Waals surface area contributed by atoms with E-state index in [0.29, 0.717) is 23.2 Å². The van der Waals surface area contributed by atoms with Gasteiger partial charge in [-0.15, -0.1) is 0 Å². The van der Waals surface area contributed by atoms with Crippen molar-refractivity contribution >= 4 is 11.8 Å². The molecule has 0 radical (unpaired) electrons. The molecule has 25 heavy (non-hydrogen) atoms. The third-order valence-corrected chi connectivity index (χ3v) is 3.80. The maximum Gasteiger partial charge on any atom is 0.254 e. The van der Waals surface area contributed by atoms with Gasteiger partial charge in [0, 0.05) is 30.9 Å². The zero-order valence-corrected chi connectivity index (χ0v) is 14.5. The van der Waals surface area contributed by atoms with Gasteiger partial charge >= 0.3 is 0 Å². The molecule has 0 aliphatic heterocycles. The number of nitrogens with one attached hydrogen (secondary N) is 1. The van der Waals surface area contributed by atoms with E-state index in [1.54, 1.807) is 37.4 Å². The van der Waals surface area contributed by atoms with Crippen LogP contribution in [0.2, 0.25) is 0 Å². The number of benzene rings is 1. The molecule has 1 aromatic carbocycles. The Morgan fingerprint density at radius 1 is 1.20 bits per heavy atom. The second-order valence-electron chi connectivity index (χ2n) is 5.80. The van der Waals surface area contributed by atoms with Crippen molar-refractivity contribution in [1.82, 2.24) is 15.2 Å². The van der Waals surface area contributed by atoms with Crippen LogP contribution in [-0.2, 0) is 4.79 Å². The summed E-state index contributed by atoms with van der Waals surface area (Å²) >= 11 is 0. The van der Waals surface area contributed by atoms with E-state index in [2.05, 4.69) is 10.3 Å². The van der Waals surface area contributed by atoms with E-state index >= 15 is 0 Å². The van der Waals surface area contributed by atoms with Crippen molar-refractivity contribution in [3.8, 4) is 11.1 Å². The lowest BCUT2D eigenvalue weighted by molar-refractivity contribution is -0.121. The smallest absolute Gasteiger partial charge is 0.254 e. The number of aromatic nitrogens is 1. The molecule has 1 heterocycles. The van der Waals surface area contributed by atoms with E-state index in [4.69, 9.17) is 0 Å². The molecule has 2 rings (SSSR count). The molecule has 0 aliphatic rings. The number of rotatable bonds is 7. The Hall–Kier alpha value is -2.76. The Morgan fingerprint density at radius 3 is 2.56 bits per heavy atom. The summed E-state index contributed by atoms with van der Waals surface area (Å²) in [5.41, 5.74) is 1.54. The zero-order chi connectivity index (χ0) is 18.2. The summed E-state index contributed by atoms with van der Waals surface area (Å²) in [6, 6.07) is 8.20. The van der Waals surface area contributed by atoms with Crippen LogP contribution in [0.3, 0.4) is 0 Å². The first kappa shape index (κ1) is 18.6. The van der Waals surface area contributed by atoms with Gasteiger partial charge in [0.2, 0.25) is 5.91 Å². The van der Waals surface area contributed by atoms with Crippen LogP contribution in [0.5, 0.6) is 0 Å². The molecule has 0 aliphatic carbocycles. The van der Waals surface area contributed by atoms with Crippen LogP contribution in [0.4, 0.5) is 4.39 Å². The first-order valence-electron chi connectivity index (χ1n) is 8.25. The molecule has 2 aromatic rings. The third kappa shape index (κ3) is 5.11. The maximum absolute atomic E-state index is 13.8. The highest BCUT2D eigenvalue weighted by Crippen LogP contribution is 2.22. The summed E-state index contributed by atoms with van der Waals surface area (Å²) in [5.74, 6) is -0.852. The molecule has 0 spiro atoms. The molecule has 0 saturated carbocycles. The summed E-state index contributed by atoms with van der Waals surface area (Å²) in [6.45, 7) is 2.66. The fourth-order valence-electron chi connectivity index (χ4n) is 2.37. The van der Waals surface area contributed by atoms with Crippen molar-refractivity contribution in [3.05, 3.63) is 54.1 Å². The lowest BCUT2D eigenvalue weighted by atomic mass is 10.0. The van der Waals surface area contributed by atoms with Crippen LogP contribution in [-0.4, -0.2) is 41.8 Å². The molecule has 0 bridgehead atoms. The monoisotopic (exact) mass is 343 g/mol.